The lowest BCUT2D eigenvalue weighted by molar-refractivity contribution is -0.137. The Morgan fingerprint density at radius 3 is 2.73 bits per heavy atom. The highest BCUT2D eigenvalue weighted by Gasteiger charge is 2.34. The van der Waals surface area contributed by atoms with Crippen molar-refractivity contribution in [2.24, 2.45) is 0 Å². The molecule has 0 fully saturated rings. The maximum atomic E-state index is 13.0. The number of carbonyl (C=O) groups excluding carboxylic acids is 1. The molecule has 1 unspecified atom stereocenters. The van der Waals surface area contributed by atoms with Crippen LogP contribution in [0.25, 0.3) is 0 Å². The molecule has 0 saturated heterocycles. The molecule has 2 N–H and O–H groups in total. The van der Waals surface area contributed by atoms with Gasteiger partial charge in [-0.15, -0.1) is 0 Å². The molecular formula is C16H16F3N3O3S. The second-order valence-corrected chi connectivity index (χ2v) is 6.60. The molecule has 2 rings (SSSR count). The molecule has 26 heavy (non-hydrogen) atoms. The third kappa shape index (κ3) is 5.33. The van der Waals surface area contributed by atoms with E-state index in [1.807, 2.05) is 0 Å². The molecule has 0 saturated carbocycles. The van der Waals surface area contributed by atoms with E-state index in [9.17, 15) is 22.8 Å². The molecule has 0 aliphatic heterocycles. The lowest BCUT2D eigenvalue weighted by Gasteiger charge is -2.16. The van der Waals surface area contributed by atoms with Crippen LogP contribution in [0.4, 0.5) is 18.9 Å². The van der Waals surface area contributed by atoms with Gasteiger partial charge in [0.05, 0.1) is 28.8 Å². The van der Waals surface area contributed by atoms with E-state index in [0.29, 0.717) is 5.69 Å². The number of carbonyl (C=O) groups is 1. The average Bonchev–Trinajstić information content (AvgIpc) is 2.54. The van der Waals surface area contributed by atoms with Crippen LogP contribution in [0, 0.1) is 0 Å². The van der Waals surface area contributed by atoms with Gasteiger partial charge in [0.25, 0.3) is 5.56 Å². The molecule has 2 aromatic rings. The smallest absolute Gasteiger partial charge is 0.378 e. The van der Waals surface area contributed by atoms with E-state index in [1.165, 1.54) is 38.3 Å². The van der Waals surface area contributed by atoms with Gasteiger partial charge in [-0.25, -0.2) is 4.98 Å². The van der Waals surface area contributed by atoms with Crippen molar-refractivity contribution in [2.75, 3.05) is 12.4 Å². The SMILES string of the molecule is COCc1cc(=O)[nH]c(SC(C)C(=O)Nc2ccccc2C(F)(F)F)n1. The summed E-state index contributed by atoms with van der Waals surface area (Å²) in [7, 11) is 1.45. The summed E-state index contributed by atoms with van der Waals surface area (Å²) in [6.07, 6.45) is -4.58. The van der Waals surface area contributed by atoms with Crippen LogP contribution < -0.4 is 10.9 Å². The normalized spacial score (nSPS) is 12.7. The number of hydrogen-bond donors (Lipinski definition) is 2. The van der Waals surface area contributed by atoms with Gasteiger partial charge < -0.3 is 15.0 Å². The van der Waals surface area contributed by atoms with E-state index in [-0.39, 0.29) is 17.5 Å². The number of aromatic nitrogens is 2. The Morgan fingerprint density at radius 1 is 1.38 bits per heavy atom. The molecule has 0 bridgehead atoms. The minimum absolute atomic E-state index is 0.122. The minimum Gasteiger partial charge on any atom is -0.378 e. The first-order valence-corrected chi connectivity index (χ1v) is 8.31. The van der Waals surface area contributed by atoms with Crippen LogP contribution in [0.15, 0.2) is 40.3 Å². The van der Waals surface area contributed by atoms with Crippen molar-refractivity contribution in [3.63, 3.8) is 0 Å². The van der Waals surface area contributed by atoms with Gasteiger partial charge in [0, 0.05) is 13.2 Å². The Hall–Kier alpha value is -2.33. The summed E-state index contributed by atoms with van der Waals surface area (Å²) >= 11 is 0.923. The molecule has 1 aromatic heterocycles. The van der Waals surface area contributed by atoms with Crippen molar-refractivity contribution in [1.29, 1.82) is 0 Å². The van der Waals surface area contributed by atoms with Gasteiger partial charge in [0.1, 0.15) is 0 Å². The molecule has 0 radical (unpaired) electrons. The quantitative estimate of drug-likeness (QED) is 0.588. The zero-order valence-corrected chi connectivity index (χ0v) is 14.7. The summed E-state index contributed by atoms with van der Waals surface area (Å²) in [5, 5.41) is 1.65. The number of benzene rings is 1. The van der Waals surface area contributed by atoms with Gasteiger partial charge in [-0.1, -0.05) is 23.9 Å². The third-order valence-corrected chi connectivity index (χ3v) is 4.20. The number of alkyl halides is 3. The number of H-pyrrole nitrogens is 1. The van der Waals surface area contributed by atoms with Crippen LogP contribution in [0.1, 0.15) is 18.2 Å². The van der Waals surface area contributed by atoms with Crippen molar-refractivity contribution < 1.29 is 22.7 Å². The zero-order valence-electron chi connectivity index (χ0n) is 13.9. The number of aromatic amines is 1. The first-order chi connectivity index (χ1) is 12.2. The zero-order chi connectivity index (χ0) is 19.3. The highest BCUT2D eigenvalue weighted by atomic mass is 32.2. The maximum Gasteiger partial charge on any atom is 0.418 e. The van der Waals surface area contributed by atoms with Crippen LogP contribution in [-0.4, -0.2) is 28.2 Å². The summed E-state index contributed by atoms with van der Waals surface area (Å²) < 4.78 is 43.9. The molecule has 1 amide bonds. The van der Waals surface area contributed by atoms with Crippen LogP contribution >= 0.6 is 11.8 Å². The highest BCUT2D eigenvalue weighted by molar-refractivity contribution is 8.00. The van der Waals surface area contributed by atoms with Gasteiger partial charge in [0.2, 0.25) is 5.91 Å². The summed E-state index contributed by atoms with van der Waals surface area (Å²) in [4.78, 5) is 30.4. The predicted octanol–water partition coefficient (Wildman–Crippen LogP) is 3.05. The highest BCUT2D eigenvalue weighted by Crippen LogP contribution is 2.34. The number of amides is 1. The first-order valence-electron chi connectivity index (χ1n) is 7.43. The Labute approximate surface area is 151 Å². The van der Waals surface area contributed by atoms with E-state index in [4.69, 9.17) is 4.74 Å². The molecule has 0 spiro atoms. The van der Waals surface area contributed by atoms with E-state index in [2.05, 4.69) is 15.3 Å². The number of thioether (sulfide) groups is 1. The fraction of sp³-hybridized carbons (Fsp3) is 0.312. The van der Waals surface area contributed by atoms with Gasteiger partial charge in [-0.05, 0) is 19.1 Å². The fourth-order valence-electron chi connectivity index (χ4n) is 2.06. The number of nitrogens with one attached hydrogen (secondary N) is 2. The predicted molar refractivity (Wildman–Crippen MR) is 91.0 cm³/mol. The molecule has 0 aliphatic rings. The maximum absolute atomic E-state index is 13.0. The standard InChI is InChI=1S/C16H16F3N3O3S/c1-9(26-15-20-10(8-25-2)7-13(23)22-15)14(24)21-12-6-4-3-5-11(12)16(17,18)19/h3-7,9H,8H2,1-2H3,(H,21,24)(H,20,22,23). The Kier molecular flexibility index (Phi) is 6.43. The minimum atomic E-state index is -4.58. The van der Waals surface area contributed by atoms with Crippen LogP contribution in [0.3, 0.4) is 0 Å². The summed E-state index contributed by atoms with van der Waals surface area (Å²) in [6, 6.07) is 5.97. The van der Waals surface area contributed by atoms with E-state index >= 15 is 0 Å². The van der Waals surface area contributed by atoms with Crippen molar-refractivity contribution in [1.82, 2.24) is 9.97 Å². The van der Waals surface area contributed by atoms with Crippen LogP contribution in [-0.2, 0) is 22.3 Å². The number of anilines is 1. The van der Waals surface area contributed by atoms with Crippen LogP contribution in [0.2, 0.25) is 0 Å². The first kappa shape index (κ1) is 20.0. The number of halogens is 3. The van der Waals surface area contributed by atoms with Crippen molar-refractivity contribution in [3.8, 4) is 0 Å². The largest absolute Gasteiger partial charge is 0.418 e. The summed E-state index contributed by atoms with van der Waals surface area (Å²) in [5.41, 5.74) is -1.29. The molecule has 6 nitrogen and oxygen atoms in total. The van der Waals surface area contributed by atoms with Gasteiger partial charge in [0.15, 0.2) is 5.16 Å². The van der Waals surface area contributed by atoms with Crippen molar-refractivity contribution in [2.45, 2.75) is 30.1 Å². The van der Waals surface area contributed by atoms with E-state index < -0.39 is 28.5 Å². The number of methoxy groups -OCH3 is 1. The second kappa shape index (κ2) is 8.37. The van der Waals surface area contributed by atoms with Gasteiger partial charge >= 0.3 is 6.18 Å². The van der Waals surface area contributed by atoms with E-state index in [0.717, 1.165) is 17.8 Å². The molecule has 1 aromatic carbocycles. The second-order valence-electron chi connectivity index (χ2n) is 5.27. The number of nitrogens with zero attached hydrogens (tertiary/aromatic N) is 1. The number of ether oxygens (including phenoxy) is 1. The Morgan fingerprint density at radius 2 is 2.08 bits per heavy atom. The molecular weight excluding hydrogens is 371 g/mol. The van der Waals surface area contributed by atoms with Crippen molar-refractivity contribution >= 4 is 23.4 Å². The molecule has 140 valence electrons. The monoisotopic (exact) mass is 387 g/mol. The number of hydrogen-bond acceptors (Lipinski definition) is 5. The van der Waals surface area contributed by atoms with Crippen LogP contribution in [0.5, 0.6) is 0 Å². The number of rotatable bonds is 6. The lowest BCUT2D eigenvalue weighted by Crippen LogP contribution is -2.25. The van der Waals surface area contributed by atoms with Gasteiger partial charge in [-0.2, -0.15) is 13.2 Å². The topological polar surface area (TPSA) is 84.1 Å². The lowest BCUT2D eigenvalue weighted by atomic mass is 10.1. The third-order valence-electron chi connectivity index (χ3n) is 3.21. The van der Waals surface area contributed by atoms with E-state index in [1.54, 1.807) is 0 Å². The van der Waals surface area contributed by atoms with Crippen molar-refractivity contribution in [3.05, 3.63) is 51.9 Å². The average molecular weight is 387 g/mol. The fourth-order valence-corrected chi connectivity index (χ4v) is 2.89. The molecule has 1 heterocycles. The Balaban J connectivity index is 2.13. The number of para-hydroxylation sites is 1. The van der Waals surface area contributed by atoms with Gasteiger partial charge in [-0.3, -0.25) is 9.59 Å². The Bertz CT molecular complexity index is 839. The molecule has 1 atom stereocenters. The summed E-state index contributed by atoms with van der Waals surface area (Å²) in [6.45, 7) is 1.62. The molecule has 10 heteroatoms. The molecule has 0 aliphatic carbocycles. The summed E-state index contributed by atoms with van der Waals surface area (Å²) in [5.74, 6) is -0.647.